The van der Waals surface area contributed by atoms with Gasteiger partial charge in [-0.2, -0.15) is 0 Å². The average molecular weight is 410 g/mol. The van der Waals surface area contributed by atoms with Crippen molar-refractivity contribution >= 4 is 11.6 Å². The Bertz CT molecular complexity index is 1050. The molecule has 1 fully saturated rings. The molecule has 1 aromatic heterocycles. The minimum absolute atomic E-state index is 0.0136. The zero-order chi connectivity index (χ0) is 21.1. The van der Waals surface area contributed by atoms with E-state index < -0.39 is 23.3 Å². The SMILES string of the molecule is COc1ccc(Oc2c(F)cc(NC(=O)Cc3cccnc3)cc2F)cc1C1CC1. The quantitative estimate of drug-likeness (QED) is 0.580. The van der Waals surface area contributed by atoms with Gasteiger partial charge in [-0.25, -0.2) is 8.78 Å². The van der Waals surface area contributed by atoms with Crippen LogP contribution in [0.2, 0.25) is 0 Å². The molecule has 0 unspecified atom stereocenters. The van der Waals surface area contributed by atoms with Crippen LogP contribution in [0.4, 0.5) is 14.5 Å². The van der Waals surface area contributed by atoms with E-state index in [4.69, 9.17) is 9.47 Å². The van der Waals surface area contributed by atoms with Crippen molar-refractivity contribution in [3.63, 3.8) is 0 Å². The topological polar surface area (TPSA) is 60.5 Å². The summed E-state index contributed by atoms with van der Waals surface area (Å²) in [5.74, 6) is -1.30. The predicted molar refractivity (Wildman–Crippen MR) is 108 cm³/mol. The minimum Gasteiger partial charge on any atom is -0.496 e. The molecule has 7 heteroatoms. The van der Waals surface area contributed by atoms with Gasteiger partial charge in [-0.3, -0.25) is 9.78 Å². The third-order valence-electron chi connectivity index (χ3n) is 4.81. The lowest BCUT2D eigenvalue weighted by molar-refractivity contribution is -0.115. The summed E-state index contributed by atoms with van der Waals surface area (Å²) in [6, 6.07) is 10.6. The van der Waals surface area contributed by atoms with Crippen molar-refractivity contribution in [1.29, 1.82) is 0 Å². The van der Waals surface area contributed by atoms with Crippen LogP contribution in [0.15, 0.2) is 54.9 Å². The van der Waals surface area contributed by atoms with Gasteiger partial charge in [-0.15, -0.1) is 0 Å². The normalized spacial score (nSPS) is 13.0. The monoisotopic (exact) mass is 410 g/mol. The first-order chi connectivity index (χ1) is 14.5. The number of methoxy groups -OCH3 is 1. The first-order valence-electron chi connectivity index (χ1n) is 9.57. The van der Waals surface area contributed by atoms with Crippen LogP contribution in [0.25, 0.3) is 0 Å². The third kappa shape index (κ3) is 4.56. The van der Waals surface area contributed by atoms with E-state index in [9.17, 15) is 13.6 Å². The number of rotatable bonds is 7. The molecule has 0 atom stereocenters. The maximum atomic E-state index is 14.5. The Labute approximate surface area is 172 Å². The molecule has 1 saturated carbocycles. The summed E-state index contributed by atoms with van der Waals surface area (Å²) in [6.45, 7) is 0. The van der Waals surface area contributed by atoms with Crippen molar-refractivity contribution in [3.8, 4) is 17.2 Å². The highest BCUT2D eigenvalue weighted by atomic mass is 19.1. The molecule has 1 aliphatic rings. The Balaban J connectivity index is 1.49. The lowest BCUT2D eigenvalue weighted by Gasteiger charge is -2.13. The highest BCUT2D eigenvalue weighted by molar-refractivity contribution is 5.92. The summed E-state index contributed by atoms with van der Waals surface area (Å²) < 4.78 is 39.9. The van der Waals surface area contributed by atoms with Crippen molar-refractivity contribution < 1.29 is 23.0 Å². The van der Waals surface area contributed by atoms with Crippen LogP contribution in [0.1, 0.15) is 29.9 Å². The van der Waals surface area contributed by atoms with Gasteiger partial charge in [0.05, 0.1) is 13.5 Å². The van der Waals surface area contributed by atoms with Gasteiger partial charge in [0.1, 0.15) is 11.5 Å². The van der Waals surface area contributed by atoms with Crippen LogP contribution in [0.3, 0.4) is 0 Å². The summed E-state index contributed by atoms with van der Waals surface area (Å²) >= 11 is 0. The molecule has 1 heterocycles. The second-order valence-corrected chi connectivity index (χ2v) is 7.14. The molecule has 0 saturated heterocycles. The van der Waals surface area contributed by atoms with E-state index in [0.717, 1.165) is 36.3 Å². The second kappa shape index (κ2) is 8.49. The van der Waals surface area contributed by atoms with E-state index in [2.05, 4.69) is 10.3 Å². The molecule has 30 heavy (non-hydrogen) atoms. The highest BCUT2D eigenvalue weighted by Gasteiger charge is 2.27. The molecule has 1 N–H and O–H groups in total. The molecule has 5 nitrogen and oxygen atoms in total. The van der Waals surface area contributed by atoms with Gasteiger partial charge in [0.25, 0.3) is 0 Å². The molecule has 1 amide bonds. The molecular formula is C23H20F2N2O3. The molecule has 3 aromatic rings. The van der Waals surface area contributed by atoms with Gasteiger partial charge in [0.2, 0.25) is 5.91 Å². The Morgan fingerprint density at radius 3 is 2.57 bits per heavy atom. The van der Waals surface area contributed by atoms with Crippen LogP contribution in [0.5, 0.6) is 17.2 Å². The Hall–Kier alpha value is -3.48. The number of nitrogens with one attached hydrogen (secondary N) is 1. The molecule has 0 radical (unpaired) electrons. The molecule has 2 aromatic carbocycles. The van der Waals surface area contributed by atoms with Crippen LogP contribution >= 0.6 is 0 Å². The van der Waals surface area contributed by atoms with Crippen molar-refractivity contribution in [2.45, 2.75) is 25.2 Å². The van der Waals surface area contributed by atoms with Gasteiger partial charge in [0.15, 0.2) is 17.4 Å². The zero-order valence-corrected chi connectivity index (χ0v) is 16.3. The fraction of sp³-hybridized carbons (Fsp3) is 0.217. The first-order valence-corrected chi connectivity index (χ1v) is 9.57. The fourth-order valence-corrected chi connectivity index (χ4v) is 3.23. The van der Waals surface area contributed by atoms with Crippen molar-refractivity contribution in [3.05, 3.63) is 77.6 Å². The van der Waals surface area contributed by atoms with Gasteiger partial charge in [-0.05, 0) is 48.6 Å². The number of hydrogen-bond acceptors (Lipinski definition) is 4. The standard InChI is InChI=1S/C23H20F2N2O3/c1-29-21-7-6-17(12-18(21)15-4-5-15)30-23-19(24)10-16(11-20(23)25)27-22(28)9-14-3-2-8-26-13-14/h2-3,6-8,10-13,15H,4-5,9H2,1H3,(H,27,28). The summed E-state index contributed by atoms with van der Waals surface area (Å²) in [7, 11) is 1.59. The summed E-state index contributed by atoms with van der Waals surface area (Å²) in [4.78, 5) is 16.1. The molecule has 4 rings (SSSR count). The number of benzene rings is 2. The lowest BCUT2D eigenvalue weighted by Crippen LogP contribution is -2.15. The molecular weight excluding hydrogens is 390 g/mol. The molecule has 0 bridgehead atoms. The smallest absolute Gasteiger partial charge is 0.228 e. The van der Waals surface area contributed by atoms with Crippen molar-refractivity contribution in [2.75, 3.05) is 12.4 Å². The van der Waals surface area contributed by atoms with E-state index in [-0.39, 0.29) is 12.1 Å². The Morgan fingerprint density at radius 1 is 1.17 bits per heavy atom. The number of nitrogens with zero attached hydrogens (tertiary/aromatic N) is 1. The van der Waals surface area contributed by atoms with Crippen LogP contribution in [-0.4, -0.2) is 18.0 Å². The number of halogens is 2. The second-order valence-electron chi connectivity index (χ2n) is 7.14. The molecule has 0 aliphatic heterocycles. The predicted octanol–water partition coefficient (Wildman–Crippen LogP) is 5.22. The molecule has 154 valence electrons. The van der Waals surface area contributed by atoms with Crippen molar-refractivity contribution in [2.24, 2.45) is 0 Å². The van der Waals surface area contributed by atoms with Gasteiger partial charge in [-0.1, -0.05) is 6.07 Å². The van der Waals surface area contributed by atoms with Gasteiger partial charge >= 0.3 is 0 Å². The third-order valence-corrected chi connectivity index (χ3v) is 4.81. The first kappa shape index (κ1) is 19.8. The van der Waals surface area contributed by atoms with Crippen LogP contribution < -0.4 is 14.8 Å². The molecule has 1 aliphatic carbocycles. The summed E-state index contributed by atoms with van der Waals surface area (Å²) in [5, 5.41) is 2.49. The zero-order valence-electron chi connectivity index (χ0n) is 16.3. The number of aromatic nitrogens is 1. The maximum absolute atomic E-state index is 14.5. The van der Waals surface area contributed by atoms with Gasteiger partial charge < -0.3 is 14.8 Å². The van der Waals surface area contributed by atoms with E-state index >= 15 is 0 Å². The lowest BCUT2D eigenvalue weighted by atomic mass is 10.1. The number of hydrogen-bond donors (Lipinski definition) is 1. The molecule has 0 spiro atoms. The van der Waals surface area contributed by atoms with Crippen molar-refractivity contribution in [1.82, 2.24) is 4.98 Å². The van der Waals surface area contributed by atoms with Gasteiger partial charge in [0, 0.05) is 35.8 Å². The minimum atomic E-state index is -0.907. The van der Waals surface area contributed by atoms with Crippen LogP contribution in [0, 0.1) is 11.6 Å². The van der Waals surface area contributed by atoms with E-state index in [0.29, 0.717) is 17.2 Å². The Kier molecular flexibility index (Phi) is 5.61. The number of pyridine rings is 1. The number of anilines is 1. The Morgan fingerprint density at radius 2 is 1.93 bits per heavy atom. The van der Waals surface area contributed by atoms with Crippen LogP contribution in [-0.2, 0) is 11.2 Å². The number of carbonyl (C=O) groups excluding carboxylic acids is 1. The average Bonchev–Trinajstić information content (AvgIpc) is 3.56. The maximum Gasteiger partial charge on any atom is 0.228 e. The summed E-state index contributed by atoms with van der Waals surface area (Å²) in [6.07, 6.45) is 5.31. The fourth-order valence-electron chi connectivity index (χ4n) is 3.23. The summed E-state index contributed by atoms with van der Waals surface area (Å²) in [5.41, 5.74) is 1.68. The van der Waals surface area contributed by atoms with E-state index in [1.807, 2.05) is 0 Å². The number of carbonyl (C=O) groups is 1. The van der Waals surface area contributed by atoms with E-state index in [1.54, 1.807) is 49.8 Å². The van der Waals surface area contributed by atoms with E-state index in [1.165, 1.54) is 0 Å². The number of amides is 1. The number of ether oxygens (including phenoxy) is 2. The highest BCUT2D eigenvalue weighted by Crippen LogP contribution is 2.46. The largest absolute Gasteiger partial charge is 0.496 e.